The maximum Gasteiger partial charge on any atom is 0.329 e. The second kappa shape index (κ2) is 13.4. The minimum atomic E-state index is -0.877. The number of amides is 3. The number of ether oxygens (including phenoxy) is 3. The second-order valence-electron chi connectivity index (χ2n) is 7.42. The van der Waals surface area contributed by atoms with Gasteiger partial charge in [0.15, 0.2) is 18.1 Å². The van der Waals surface area contributed by atoms with Crippen LogP contribution in [0.5, 0.6) is 11.5 Å². The highest BCUT2D eigenvalue weighted by Gasteiger charge is 2.19. The van der Waals surface area contributed by atoms with E-state index in [1.165, 1.54) is 13.3 Å². The zero-order valence-corrected chi connectivity index (χ0v) is 22.6. The molecule has 3 amide bonds. The molecule has 3 N–H and O–H groups in total. The summed E-state index contributed by atoms with van der Waals surface area (Å²) in [6.07, 6.45) is 3.12. The molecule has 12 heteroatoms. The van der Waals surface area contributed by atoms with Crippen LogP contribution in [-0.4, -0.2) is 56.9 Å². The number of methoxy groups -OCH3 is 1. The van der Waals surface area contributed by atoms with Gasteiger partial charge in [-0.1, -0.05) is 15.9 Å². The highest BCUT2D eigenvalue weighted by atomic mass is 127. The van der Waals surface area contributed by atoms with E-state index in [0.29, 0.717) is 32.9 Å². The van der Waals surface area contributed by atoms with Gasteiger partial charge in [-0.05, 0) is 77.4 Å². The molecule has 0 aliphatic carbocycles. The van der Waals surface area contributed by atoms with Gasteiger partial charge in [0.25, 0.3) is 5.91 Å². The summed E-state index contributed by atoms with van der Waals surface area (Å²) in [4.78, 5) is 36.0. The van der Waals surface area contributed by atoms with E-state index in [4.69, 9.17) is 14.2 Å². The van der Waals surface area contributed by atoms with Crippen LogP contribution in [0.2, 0.25) is 0 Å². The average Bonchev–Trinajstić information content (AvgIpc) is 3.36. The van der Waals surface area contributed by atoms with Gasteiger partial charge in [0.1, 0.15) is 0 Å². The molecule has 1 aliphatic heterocycles. The highest BCUT2D eigenvalue weighted by molar-refractivity contribution is 14.1. The van der Waals surface area contributed by atoms with Gasteiger partial charge in [-0.2, -0.15) is 5.10 Å². The molecular weight excluding hydrogens is 635 g/mol. The standard InChI is InChI=1S/C23H24BrIN4O6/c1-33-19-10-14(11-27-29-23(32)22(31)26-12-17-3-2-8-34-17)9-18(25)21(19)35-13-20(30)28-16-6-4-15(24)5-7-16/h4-7,9-11,17H,2-3,8,12-13H2,1H3,(H,26,31)(H,28,30)(H,29,32)/b27-11-/t17-/m0/s1. The van der Waals surface area contributed by atoms with Crippen LogP contribution in [-0.2, 0) is 19.1 Å². The first-order valence-corrected chi connectivity index (χ1v) is 12.5. The van der Waals surface area contributed by atoms with Crippen molar-refractivity contribution in [1.82, 2.24) is 10.7 Å². The molecule has 0 aromatic heterocycles. The van der Waals surface area contributed by atoms with Crippen LogP contribution in [0, 0.1) is 3.57 Å². The van der Waals surface area contributed by atoms with E-state index < -0.39 is 11.8 Å². The van der Waals surface area contributed by atoms with Crippen LogP contribution in [0.1, 0.15) is 18.4 Å². The molecule has 1 heterocycles. The minimum absolute atomic E-state index is 0.0580. The number of carbonyl (C=O) groups excluding carboxylic acids is 3. The molecule has 0 bridgehead atoms. The highest BCUT2D eigenvalue weighted by Crippen LogP contribution is 2.33. The van der Waals surface area contributed by atoms with Gasteiger partial charge in [0.2, 0.25) is 0 Å². The van der Waals surface area contributed by atoms with Crippen molar-refractivity contribution in [3.63, 3.8) is 0 Å². The fourth-order valence-electron chi connectivity index (χ4n) is 3.13. The zero-order chi connectivity index (χ0) is 25.2. The van der Waals surface area contributed by atoms with Crippen molar-refractivity contribution in [2.75, 3.05) is 32.2 Å². The number of hydrogen-bond acceptors (Lipinski definition) is 7. The third-order valence-electron chi connectivity index (χ3n) is 4.83. The lowest BCUT2D eigenvalue weighted by Gasteiger charge is -2.13. The van der Waals surface area contributed by atoms with E-state index >= 15 is 0 Å². The summed E-state index contributed by atoms with van der Waals surface area (Å²) >= 11 is 5.39. The number of hydrazone groups is 1. The van der Waals surface area contributed by atoms with Crippen LogP contribution in [0.15, 0.2) is 46.0 Å². The van der Waals surface area contributed by atoms with E-state index in [1.807, 2.05) is 34.7 Å². The second-order valence-corrected chi connectivity index (χ2v) is 9.50. The number of nitrogens with one attached hydrogen (secondary N) is 3. The number of hydrogen-bond donors (Lipinski definition) is 3. The molecule has 3 rings (SSSR count). The van der Waals surface area contributed by atoms with Crippen LogP contribution in [0.3, 0.4) is 0 Å². The molecule has 1 fully saturated rings. The normalized spacial score (nSPS) is 15.0. The molecule has 1 atom stereocenters. The largest absolute Gasteiger partial charge is 0.493 e. The summed E-state index contributed by atoms with van der Waals surface area (Å²) in [5.41, 5.74) is 3.44. The van der Waals surface area contributed by atoms with Gasteiger partial charge in [-0.3, -0.25) is 14.4 Å². The van der Waals surface area contributed by atoms with Crippen molar-refractivity contribution in [3.05, 3.63) is 50.0 Å². The third-order valence-corrected chi connectivity index (χ3v) is 6.16. The predicted octanol–water partition coefficient (Wildman–Crippen LogP) is 2.83. The smallest absolute Gasteiger partial charge is 0.329 e. The monoisotopic (exact) mass is 658 g/mol. The number of anilines is 1. The molecule has 10 nitrogen and oxygen atoms in total. The van der Waals surface area contributed by atoms with E-state index in [-0.39, 0.29) is 25.2 Å². The van der Waals surface area contributed by atoms with Crippen LogP contribution in [0.25, 0.3) is 0 Å². The number of nitrogens with zero attached hydrogens (tertiary/aromatic N) is 1. The summed E-state index contributed by atoms with van der Waals surface area (Å²) in [6, 6.07) is 10.6. The van der Waals surface area contributed by atoms with Crippen LogP contribution < -0.4 is 25.5 Å². The van der Waals surface area contributed by atoms with E-state index in [2.05, 4.69) is 37.1 Å². The van der Waals surface area contributed by atoms with Gasteiger partial charge in [-0.15, -0.1) is 0 Å². The Hall–Kier alpha value is -2.71. The minimum Gasteiger partial charge on any atom is -0.493 e. The van der Waals surface area contributed by atoms with E-state index in [9.17, 15) is 14.4 Å². The number of carbonyl (C=O) groups is 3. The summed E-state index contributed by atoms with van der Waals surface area (Å²) in [7, 11) is 1.47. The molecule has 0 saturated carbocycles. The average molecular weight is 659 g/mol. The Bertz CT molecular complexity index is 1090. The lowest BCUT2D eigenvalue weighted by molar-refractivity contribution is -0.139. The molecule has 2 aromatic rings. The van der Waals surface area contributed by atoms with Gasteiger partial charge in [0, 0.05) is 23.3 Å². The lowest BCUT2D eigenvalue weighted by atomic mass is 10.2. The number of benzene rings is 2. The molecule has 186 valence electrons. The molecule has 0 radical (unpaired) electrons. The quantitative estimate of drug-likeness (QED) is 0.165. The van der Waals surface area contributed by atoms with Crippen molar-refractivity contribution in [3.8, 4) is 11.5 Å². The first-order chi connectivity index (χ1) is 16.9. The Morgan fingerprint density at radius 3 is 2.69 bits per heavy atom. The van der Waals surface area contributed by atoms with Crippen molar-refractivity contribution >= 4 is 68.1 Å². The maximum atomic E-state index is 12.2. The Morgan fingerprint density at radius 1 is 1.23 bits per heavy atom. The zero-order valence-electron chi connectivity index (χ0n) is 18.8. The molecule has 0 spiro atoms. The van der Waals surface area contributed by atoms with Crippen LogP contribution >= 0.6 is 38.5 Å². The summed E-state index contributed by atoms with van der Waals surface area (Å²) in [6.45, 7) is 0.739. The predicted molar refractivity (Wildman–Crippen MR) is 142 cm³/mol. The van der Waals surface area contributed by atoms with Crippen molar-refractivity contribution in [2.24, 2.45) is 5.10 Å². The molecule has 1 saturated heterocycles. The summed E-state index contributed by atoms with van der Waals surface area (Å²) < 4.78 is 18.0. The lowest BCUT2D eigenvalue weighted by Crippen LogP contribution is -2.41. The Labute approximate surface area is 224 Å². The van der Waals surface area contributed by atoms with Gasteiger partial charge in [0.05, 0.1) is 23.0 Å². The van der Waals surface area contributed by atoms with Crippen LogP contribution in [0.4, 0.5) is 5.69 Å². The third kappa shape index (κ3) is 8.47. The van der Waals surface area contributed by atoms with E-state index in [1.54, 1.807) is 24.3 Å². The van der Waals surface area contributed by atoms with Crippen molar-refractivity contribution < 1.29 is 28.6 Å². The fraction of sp³-hybridized carbons (Fsp3) is 0.304. The molecular formula is C23H24BrIN4O6. The van der Waals surface area contributed by atoms with Gasteiger partial charge in [-0.25, -0.2) is 5.43 Å². The number of halogens is 2. The Morgan fingerprint density at radius 2 is 2.00 bits per heavy atom. The first-order valence-electron chi connectivity index (χ1n) is 10.6. The fourth-order valence-corrected chi connectivity index (χ4v) is 4.18. The van der Waals surface area contributed by atoms with Gasteiger partial charge < -0.3 is 24.8 Å². The summed E-state index contributed by atoms with van der Waals surface area (Å²) in [5.74, 6) is -1.20. The Kier molecular flexibility index (Phi) is 10.3. The van der Waals surface area contributed by atoms with E-state index in [0.717, 1.165) is 17.3 Å². The van der Waals surface area contributed by atoms with Gasteiger partial charge >= 0.3 is 11.8 Å². The maximum absolute atomic E-state index is 12.2. The van der Waals surface area contributed by atoms with Crippen molar-refractivity contribution in [1.29, 1.82) is 0 Å². The first kappa shape index (κ1) is 26.9. The van der Waals surface area contributed by atoms with Crippen molar-refractivity contribution in [2.45, 2.75) is 18.9 Å². The molecule has 0 unspecified atom stereocenters. The SMILES string of the molecule is COc1cc(/C=N\NC(=O)C(=O)NC[C@@H]2CCCO2)cc(I)c1OCC(=O)Nc1ccc(Br)cc1. The molecule has 35 heavy (non-hydrogen) atoms. The summed E-state index contributed by atoms with van der Waals surface area (Å²) in [5, 5.41) is 9.11. The molecule has 1 aliphatic rings. The topological polar surface area (TPSA) is 127 Å². The Balaban J connectivity index is 1.52. The molecule has 2 aromatic carbocycles. The number of rotatable bonds is 9.